The number of amides is 1. The molecule has 4 nitrogen and oxygen atoms in total. The molecule has 1 amide bonds. The molecular formula is C19H20ClF3N2O2S. The number of nitrogens with zero attached hydrogens (tertiary/aromatic N) is 1. The van der Waals surface area contributed by atoms with Crippen LogP contribution in [-0.4, -0.2) is 36.6 Å². The van der Waals surface area contributed by atoms with Crippen LogP contribution in [0.25, 0.3) is 0 Å². The Morgan fingerprint density at radius 3 is 2.82 bits per heavy atom. The summed E-state index contributed by atoms with van der Waals surface area (Å²) in [5.41, 5.74) is -0.906. The van der Waals surface area contributed by atoms with Gasteiger partial charge in [0.2, 0.25) is 5.91 Å². The maximum Gasteiger partial charge on any atom is 0.416 e. The minimum Gasteiger partial charge on any atom is -0.377 e. The molecule has 3 rings (SSSR count). The highest BCUT2D eigenvalue weighted by Gasteiger charge is 2.31. The first-order chi connectivity index (χ1) is 13.3. The molecule has 152 valence electrons. The monoisotopic (exact) mass is 432 g/mol. The summed E-state index contributed by atoms with van der Waals surface area (Å²) in [6.45, 7) is 1.90. The van der Waals surface area contributed by atoms with E-state index in [1.54, 1.807) is 11.3 Å². The molecule has 1 unspecified atom stereocenters. The number of ether oxygens (including phenoxy) is 1. The van der Waals surface area contributed by atoms with Crippen molar-refractivity contribution in [1.82, 2.24) is 4.90 Å². The van der Waals surface area contributed by atoms with E-state index < -0.39 is 17.6 Å². The molecule has 0 radical (unpaired) electrons. The van der Waals surface area contributed by atoms with Crippen LogP contribution in [0, 0.1) is 0 Å². The second kappa shape index (κ2) is 9.26. The predicted octanol–water partition coefficient (Wildman–Crippen LogP) is 5.04. The van der Waals surface area contributed by atoms with E-state index in [0.29, 0.717) is 19.7 Å². The standard InChI is InChI=1S/C19H20ClF3N2O2S/c20-16-6-5-13(19(21,22)23)9-17(16)24-18(26)12-25(10-14-3-1-7-27-14)11-15-4-2-8-28-15/h2,4-6,8-9,14H,1,3,7,10-12H2,(H,24,26). The molecule has 9 heteroatoms. The Balaban J connectivity index is 1.67. The largest absolute Gasteiger partial charge is 0.416 e. The third kappa shape index (κ3) is 5.94. The molecule has 1 N–H and O–H groups in total. The lowest BCUT2D eigenvalue weighted by Gasteiger charge is -2.24. The van der Waals surface area contributed by atoms with E-state index in [0.717, 1.165) is 35.9 Å². The fourth-order valence-corrected chi connectivity index (χ4v) is 3.99. The molecule has 1 aromatic carbocycles. The Morgan fingerprint density at radius 2 is 2.18 bits per heavy atom. The Labute approximate surface area is 170 Å². The van der Waals surface area contributed by atoms with Crippen molar-refractivity contribution in [3.05, 3.63) is 51.2 Å². The van der Waals surface area contributed by atoms with Gasteiger partial charge in [0.05, 0.1) is 28.9 Å². The lowest BCUT2D eigenvalue weighted by atomic mass is 10.2. The fraction of sp³-hybridized carbons (Fsp3) is 0.421. The maximum atomic E-state index is 12.9. The lowest BCUT2D eigenvalue weighted by Crippen LogP contribution is -2.37. The van der Waals surface area contributed by atoms with Gasteiger partial charge in [0.25, 0.3) is 0 Å². The molecule has 2 aromatic rings. The molecule has 1 aliphatic heterocycles. The van der Waals surface area contributed by atoms with E-state index in [-0.39, 0.29) is 23.4 Å². The van der Waals surface area contributed by atoms with Gasteiger partial charge in [-0.1, -0.05) is 17.7 Å². The summed E-state index contributed by atoms with van der Waals surface area (Å²) in [6.07, 6.45) is -2.52. The number of nitrogens with one attached hydrogen (secondary N) is 1. The van der Waals surface area contributed by atoms with Gasteiger partial charge in [-0.25, -0.2) is 0 Å². The zero-order valence-corrected chi connectivity index (χ0v) is 16.5. The summed E-state index contributed by atoms with van der Waals surface area (Å²) in [4.78, 5) is 15.6. The molecule has 0 saturated carbocycles. The molecule has 0 spiro atoms. The zero-order valence-electron chi connectivity index (χ0n) is 15.0. The zero-order chi connectivity index (χ0) is 20.1. The highest BCUT2D eigenvalue weighted by molar-refractivity contribution is 7.09. The maximum absolute atomic E-state index is 12.9. The number of anilines is 1. The SMILES string of the molecule is O=C(CN(Cc1cccs1)CC1CCCO1)Nc1cc(C(F)(F)F)ccc1Cl. The predicted molar refractivity (Wildman–Crippen MR) is 104 cm³/mol. The highest BCUT2D eigenvalue weighted by atomic mass is 35.5. The van der Waals surface area contributed by atoms with Gasteiger partial charge in [0.15, 0.2) is 0 Å². The van der Waals surface area contributed by atoms with Crippen molar-refractivity contribution in [1.29, 1.82) is 0 Å². The van der Waals surface area contributed by atoms with Gasteiger partial charge in [0, 0.05) is 24.6 Å². The Morgan fingerprint density at radius 1 is 1.36 bits per heavy atom. The van der Waals surface area contributed by atoms with Crippen molar-refractivity contribution in [2.45, 2.75) is 31.7 Å². The van der Waals surface area contributed by atoms with Gasteiger partial charge in [-0.2, -0.15) is 13.2 Å². The topological polar surface area (TPSA) is 41.6 Å². The van der Waals surface area contributed by atoms with E-state index >= 15 is 0 Å². The molecule has 28 heavy (non-hydrogen) atoms. The Bertz CT molecular complexity index is 793. The number of carbonyl (C=O) groups excluding carboxylic acids is 1. The third-order valence-electron chi connectivity index (χ3n) is 4.38. The second-order valence-electron chi connectivity index (χ2n) is 6.62. The van der Waals surface area contributed by atoms with Gasteiger partial charge in [-0.05, 0) is 42.5 Å². The summed E-state index contributed by atoms with van der Waals surface area (Å²) in [5, 5.41) is 4.53. The molecule has 0 aliphatic carbocycles. The average molecular weight is 433 g/mol. The number of hydrogen-bond acceptors (Lipinski definition) is 4. The summed E-state index contributed by atoms with van der Waals surface area (Å²) in [6, 6.07) is 6.79. The number of alkyl halides is 3. The van der Waals surface area contributed by atoms with Crippen molar-refractivity contribution in [3.8, 4) is 0 Å². The van der Waals surface area contributed by atoms with E-state index in [1.807, 2.05) is 22.4 Å². The first-order valence-corrected chi connectivity index (χ1v) is 10.1. The van der Waals surface area contributed by atoms with Crippen LogP contribution in [0.2, 0.25) is 5.02 Å². The summed E-state index contributed by atoms with van der Waals surface area (Å²) < 4.78 is 44.4. The van der Waals surface area contributed by atoms with Crippen LogP contribution in [0.15, 0.2) is 35.7 Å². The van der Waals surface area contributed by atoms with Crippen molar-refractivity contribution in [2.75, 3.05) is 25.0 Å². The van der Waals surface area contributed by atoms with Crippen molar-refractivity contribution >= 4 is 34.5 Å². The molecule has 1 fully saturated rings. The number of rotatable bonds is 7. The minimum absolute atomic E-state index is 0.0321. The van der Waals surface area contributed by atoms with Crippen LogP contribution in [0.1, 0.15) is 23.3 Å². The van der Waals surface area contributed by atoms with Crippen LogP contribution in [-0.2, 0) is 22.3 Å². The van der Waals surface area contributed by atoms with Crippen molar-refractivity contribution in [2.24, 2.45) is 0 Å². The van der Waals surface area contributed by atoms with Gasteiger partial charge in [0.1, 0.15) is 0 Å². The highest BCUT2D eigenvalue weighted by Crippen LogP contribution is 2.33. The molecule has 2 heterocycles. The van der Waals surface area contributed by atoms with Crippen LogP contribution in [0.5, 0.6) is 0 Å². The number of thiophene rings is 1. The molecule has 1 aliphatic rings. The van der Waals surface area contributed by atoms with Crippen molar-refractivity contribution in [3.63, 3.8) is 0 Å². The van der Waals surface area contributed by atoms with E-state index in [2.05, 4.69) is 5.32 Å². The van der Waals surface area contributed by atoms with Crippen LogP contribution < -0.4 is 5.32 Å². The molecule has 1 aromatic heterocycles. The number of hydrogen-bond donors (Lipinski definition) is 1. The second-order valence-corrected chi connectivity index (χ2v) is 8.06. The van der Waals surface area contributed by atoms with Crippen LogP contribution in [0.4, 0.5) is 18.9 Å². The number of halogens is 4. The average Bonchev–Trinajstić information content (AvgIpc) is 3.30. The molecule has 1 saturated heterocycles. The Kier molecular flexibility index (Phi) is 6.98. The molecule has 0 bridgehead atoms. The lowest BCUT2D eigenvalue weighted by molar-refractivity contribution is -0.137. The van der Waals surface area contributed by atoms with E-state index in [9.17, 15) is 18.0 Å². The molecule has 1 atom stereocenters. The summed E-state index contributed by atoms with van der Waals surface area (Å²) in [5.74, 6) is -0.421. The van der Waals surface area contributed by atoms with Crippen molar-refractivity contribution < 1.29 is 22.7 Å². The molecular weight excluding hydrogens is 413 g/mol. The van der Waals surface area contributed by atoms with E-state index in [1.165, 1.54) is 0 Å². The normalized spacial score (nSPS) is 17.2. The van der Waals surface area contributed by atoms with Gasteiger partial charge < -0.3 is 10.1 Å². The summed E-state index contributed by atoms with van der Waals surface area (Å²) >= 11 is 7.55. The van der Waals surface area contributed by atoms with Gasteiger partial charge in [-0.3, -0.25) is 9.69 Å². The van der Waals surface area contributed by atoms with Gasteiger partial charge in [-0.15, -0.1) is 11.3 Å². The third-order valence-corrected chi connectivity index (χ3v) is 5.57. The first kappa shape index (κ1) is 21.1. The number of carbonyl (C=O) groups is 1. The smallest absolute Gasteiger partial charge is 0.377 e. The summed E-state index contributed by atoms with van der Waals surface area (Å²) in [7, 11) is 0. The minimum atomic E-state index is -4.50. The fourth-order valence-electron chi connectivity index (χ4n) is 3.07. The van der Waals surface area contributed by atoms with Gasteiger partial charge >= 0.3 is 6.18 Å². The quantitative estimate of drug-likeness (QED) is 0.666. The van der Waals surface area contributed by atoms with Crippen LogP contribution >= 0.6 is 22.9 Å². The Hall–Kier alpha value is -1.61. The van der Waals surface area contributed by atoms with E-state index in [4.69, 9.17) is 16.3 Å². The first-order valence-electron chi connectivity index (χ1n) is 8.84. The van der Waals surface area contributed by atoms with Crippen LogP contribution in [0.3, 0.4) is 0 Å². The number of benzene rings is 1.